The lowest BCUT2D eigenvalue weighted by Crippen LogP contribution is -2.39. The summed E-state index contributed by atoms with van der Waals surface area (Å²) in [7, 11) is 0. The van der Waals surface area contributed by atoms with Gasteiger partial charge in [-0.3, -0.25) is 9.78 Å². The summed E-state index contributed by atoms with van der Waals surface area (Å²) in [6, 6.07) is 3.60. The molecule has 1 heterocycles. The van der Waals surface area contributed by atoms with Gasteiger partial charge in [0.05, 0.1) is 6.54 Å². The third-order valence-corrected chi connectivity index (χ3v) is 2.47. The molecule has 0 aliphatic carbocycles. The summed E-state index contributed by atoms with van der Waals surface area (Å²) in [5.74, 6) is -0.202. The Labute approximate surface area is 106 Å². The van der Waals surface area contributed by atoms with Gasteiger partial charge in [-0.2, -0.15) is 0 Å². The number of rotatable bonds is 5. The SMILES string of the molecule is CCCN(CC(N)=NO)C(=O)c1ncccc1C. The molecule has 98 valence electrons. The van der Waals surface area contributed by atoms with Crippen LogP contribution < -0.4 is 5.73 Å². The van der Waals surface area contributed by atoms with Gasteiger partial charge < -0.3 is 15.8 Å². The zero-order valence-electron chi connectivity index (χ0n) is 10.6. The predicted molar refractivity (Wildman–Crippen MR) is 68.6 cm³/mol. The number of nitrogens with two attached hydrogens (primary N) is 1. The Bertz CT molecular complexity index is 445. The molecule has 0 aliphatic rings. The largest absolute Gasteiger partial charge is 0.409 e. The van der Waals surface area contributed by atoms with Gasteiger partial charge in [0.25, 0.3) is 5.91 Å². The highest BCUT2D eigenvalue weighted by atomic mass is 16.4. The predicted octanol–water partition coefficient (Wildman–Crippen LogP) is 0.989. The number of nitrogens with zero attached hydrogens (tertiary/aromatic N) is 3. The quantitative estimate of drug-likeness (QED) is 0.353. The first-order valence-electron chi connectivity index (χ1n) is 5.77. The van der Waals surface area contributed by atoms with Crippen molar-refractivity contribution in [2.45, 2.75) is 20.3 Å². The Morgan fingerprint density at radius 2 is 2.33 bits per heavy atom. The number of amidine groups is 1. The average Bonchev–Trinajstić information content (AvgIpc) is 2.38. The molecule has 0 atom stereocenters. The molecular formula is C12H18N4O2. The lowest BCUT2D eigenvalue weighted by atomic mass is 10.2. The van der Waals surface area contributed by atoms with Crippen LogP contribution in [0.1, 0.15) is 29.4 Å². The Hall–Kier alpha value is -2.11. The lowest BCUT2D eigenvalue weighted by Gasteiger charge is -2.21. The molecule has 1 aromatic heterocycles. The van der Waals surface area contributed by atoms with Gasteiger partial charge in [-0.1, -0.05) is 18.1 Å². The van der Waals surface area contributed by atoms with Crippen LogP contribution in [-0.2, 0) is 0 Å². The molecule has 0 bridgehead atoms. The number of hydrogen-bond acceptors (Lipinski definition) is 4. The maximum absolute atomic E-state index is 12.3. The van der Waals surface area contributed by atoms with E-state index in [-0.39, 0.29) is 18.3 Å². The number of hydrogen-bond donors (Lipinski definition) is 2. The highest BCUT2D eigenvalue weighted by Crippen LogP contribution is 2.08. The maximum Gasteiger partial charge on any atom is 0.273 e. The molecule has 0 aromatic carbocycles. The van der Waals surface area contributed by atoms with Crippen molar-refractivity contribution >= 4 is 11.7 Å². The van der Waals surface area contributed by atoms with E-state index in [0.29, 0.717) is 12.2 Å². The van der Waals surface area contributed by atoms with Crippen LogP contribution >= 0.6 is 0 Å². The van der Waals surface area contributed by atoms with Gasteiger partial charge in [-0.25, -0.2) is 0 Å². The van der Waals surface area contributed by atoms with Gasteiger partial charge in [0.2, 0.25) is 0 Å². The number of aryl methyl sites for hydroxylation is 1. The molecule has 0 saturated heterocycles. The van der Waals surface area contributed by atoms with Crippen molar-refractivity contribution in [2.75, 3.05) is 13.1 Å². The average molecular weight is 250 g/mol. The first-order valence-corrected chi connectivity index (χ1v) is 5.77. The van der Waals surface area contributed by atoms with E-state index in [1.165, 1.54) is 4.90 Å². The van der Waals surface area contributed by atoms with E-state index < -0.39 is 0 Å². The Morgan fingerprint density at radius 1 is 1.61 bits per heavy atom. The highest BCUT2D eigenvalue weighted by Gasteiger charge is 2.19. The van der Waals surface area contributed by atoms with Crippen LogP contribution in [0.5, 0.6) is 0 Å². The van der Waals surface area contributed by atoms with Crippen molar-refractivity contribution in [3.8, 4) is 0 Å². The Kier molecular flexibility index (Phi) is 5.10. The van der Waals surface area contributed by atoms with Crippen molar-refractivity contribution in [1.82, 2.24) is 9.88 Å². The molecule has 0 saturated carbocycles. The molecule has 6 heteroatoms. The monoisotopic (exact) mass is 250 g/mol. The van der Waals surface area contributed by atoms with Crippen LogP contribution in [0, 0.1) is 6.92 Å². The van der Waals surface area contributed by atoms with Crippen LogP contribution in [0.2, 0.25) is 0 Å². The van der Waals surface area contributed by atoms with Crippen LogP contribution in [0.25, 0.3) is 0 Å². The van der Waals surface area contributed by atoms with Gasteiger partial charge in [-0.15, -0.1) is 0 Å². The summed E-state index contributed by atoms with van der Waals surface area (Å²) in [5, 5.41) is 11.5. The molecule has 1 rings (SSSR count). The van der Waals surface area contributed by atoms with Gasteiger partial charge in [-0.05, 0) is 25.0 Å². The number of pyridine rings is 1. The van der Waals surface area contributed by atoms with Crippen molar-refractivity contribution in [1.29, 1.82) is 0 Å². The third-order valence-electron chi connectivity index (χ3n) is 2.47. The Morgan fingerprint density at radius 3 is 2.89 bits per heavy atom. The van der Waals surface area contributed by atoms with Crippen molar-refractivity contribution in [3.05, 3.63) is 29.6 Å². The standard InChI is InChI=1S/C12H18N4O2/c1-3-7-16(8-10(13)15-18)12(17)11-9(2)5-4-6-14-11/h4-6,18H,3,7-8H2,1-2H3,(H2,13,15). The normalized spacial score (nSPS) is 11.3. The fraction of sp³-hybridized carbons (Fsp3) is 0.417. The van der Waals surface area contributed by atoms with E-state index in [2.05, 4.69) is 10.1 Å². The fourth-order valence-corrected chi connectivity index (χ4v) is 1.61. The summed E-state index contributed by atoms with van der Waals surface area (Å²) >= 11 is 0. The topological polar surface area (TPSA) is 91.8 Å². The molecule has 6 nitrogen and oxygen atoms in total. The lowest BCUT2D eigenvalue weighted by molar-refractivity contribution is 0.0771. The number of amides is 1. The van der Waals surface area contributed by atoms with Crippen molar-refractivity contribution < 1.29 is 10.0 Å². The van der Waals surface area contributed by atoms with Crippen LogP contribution in [-0.4, -0.2) is 39.9 Å². The summed E-state index contributed by atoms with van der Waals surface area (Å²) < 4.78 is 0. The molecule has 1 amide bonds. The van der Waals surface area contributed by atoms with Crippen LogP contribution in [0.3, 0.4) is 0 Å². The fourth-order valence-electron chi connectivity index (χ4n) is 1.61. The van der Waals surface area contributed by atoms with Gasteiger partial charge >= 0.3 is 0 Å². The molecule has 0 unspecified atom stereocenters. The highest BCUT2D eigenvalue weighted by molar-refractivity contribution is 5.96. The minimum atomic E-state index is -0.207. The molecule has 0 fully saturated rings. The molecule has 0 radical (unpaired) electrons. The smallest absolute Gasteiger partial charge is 0.273 e. The van der Waals surface area contributed by atoms with Crippen LogP contribution in [0.15, 0.2) is 23.5 Å². The van der Waals surface area contributed by atoms with E-state index in [4.69, 9.17) is 10.9 Å². The van der Waals surface area contributed by atoms with E-state index >= 15 is 0 Å². The third kappa shape index (κ3) is 3.44. The van der Waals surface area contributed by atoms with Gasteiger partial charge in [0.1, 0.15) is 5.69 Å². The Balaban J connectivity index is 2.92. The van der Waals surface area contributed by atoms with E-state index in [0.717, 1.165) is 12.0 Å². The van der Waals surface area contributed by atoms with E-state index in [1.54, 1.807) is 12.3 Å². The van der Waals surface area contributed by atoms with Crippen molar-refractivity contribution in [2.24, 2.45) is 10.9 Å². The number of oxime groups is 1. The first-order chi connectivity index (χ1) is 8.60. The molecule has 18 heavy (non-hydrogen) atoms. The van der Waals surface area contributed by atoms with Gasteiger partial charge in [0.15, 0.2) is 5.84 Å². The maximum atomic E-state index is 12.3. The summed E-state index contributed by atoms with van der Waals surface area (Å²) in [6.45, 7) is 4.41. The minimum Gasteiger partial charge on any atom is -0.409 e. The van der Waals surface area contributed by atoms with Crippen LogP contribution in [0.4, 0.5) is 0 Å². The summed E-state index contributed by atoms with van der Waals surface area (Å²) in [4.78, 5) is 17.9. The van der Waals surface area contributed by atoms with Gasteiger partial charge in [0, 0.05) is 12.7 Å². The zero-order chi connectivity index (χ0) is 13.5. The number of carbonyl (C=O) groups is 1. The molecule has 0 aliphatic heterocycles. The van der Waals surface area contributed by atoms with E-state index in [1.807, 2.05) is 19.9 Å². The van der Waals surface area contributed by atoms with E-state index in [9.17, 15) is 4.79 Å². The minimum absolute atomic E-state index is 0.00499. The number of aromatic nitrogens is 1. The molecule has 1 aromatic rings. The summed E-state index contributed by atoms with van der Waals surface area (Å²) in [6.07, 6.45) is 2.37. The second-order valence-corrected chi connectivity index (χ2v) is 3.99. The first kappa shape index (κ1) is 14.0. The number of carbonyl (C=O) groups excluding carboxylic acids is 1. The molecule has 3 N–H and O–H groups in total. The molecule has 0 spiro atoms. The second kappa shape index (κ2) is 6.58. The second-order valence-electron chi connectivity index (χ2n) is 3.99. The van der Waals surface area contributed by atoms with Crippen molar-refractivity contribution in [3.63, 3.8) is 0 Å². The zero-order valence-corrected chi connectivity index (χ0v) is 10.6. The summed E-state index contributed by atoms with van der Waals surface area (Å²) in [5.41, 5.74) is 6.65. The molecular weight excluding hydrogens is 232 g/mol.